The molecule has 1 amide bonds. The van der Waals surface area contributed by atoms with Crippen molar-refractivity contribution in [1.82, 2.24) is 4.57 Å². The molecule has 4 nitrogen and oxygen atoms in total. The highest BCUT2D eigenvalue weighted by Crippen LogP contribution is 2.23. The van der Waals surface area contributed by atoms with Gasteiger partial charge in [-0.15, -0.1) is 12.4 Å². The molecule has 2 rings (SSSR count). The number of amides is 1. The summed E-state index contributed by atoms with van der Waals surface area (Å²) in [6, 6.07) is 1.42. The number of carbonyl (C=O) groups excluding carboxylic acids is 1. The molecule has 124 valence electrons. The van der Waals surface area contributed by atoms with Crippen LogP contribution in [0.15, 0.2) is 24.4 Å². The Hall–Kier alpha value is -1.99. The average molecular weight is 366 g/mol. The summed E-state index contributed by atoms with van der Waals surface area (Å²) in [5, 5.41) is 8.03. The van der Waals surface area contributed by atoms with E-state index in [1.807, 2.05) is 0 Å². The number of halogens is 5. The van der Waals surface area contributed by atoms with Gasteiger partial charge in [-0.3, -0.25) is 10.2 Å². The molecule has 0 saturated heterocycles. The summed E-state index contributed by atoms with van der Waals surface area (Å²) in [6.07, 6.45) is 1.28. The van der Waals surface area contributed by atoms with Gasteiger partial charge < -0.3 is 10.3 Å². The number of carbonyl (C=O) groups is 1. The number of aromatic nitrogens is 1. The molecule has 0 bridgehead atoms. The Labute approximate surface area is 140 Å². The second kappa shape index (κ2) is 7.06. The van der Waals surface area contributed by atoms with Gasteiger partial charge in [0.15, 0.2) is 11.6 Å². The van der Waals surface area contributed by atoms with Crippen LogP contribution in [0.4, 0.5) is 13.2 Å². The summed E-state index contributed by atoms with van der Waals surface area (Å²) in [5.41, 5.74) is 4.49. The molecule has 1 heterocycles. The quantitative estimate of drug-likeness (QED) is 0.805. The monoisotopic (exact) mass is 365 g/mol. The van der Waals surface area contributed by atoms with Crippen molar-refractivity contribution in [2.75, 3.05) is 0 Å². The van der Waals surface area contributed by atoms with E-state index in [2.05, 4.69) is 0 Å². The first-order valence-corrected chi connectivity index (χ1v) is 6.50. The Bertz CT molecular complexity index is 824. The Morgan fingerprint density at radius 3 is 2.35 bits per heavy atom. The van der Waals surface area contributed by atoms with Gasteiger partial charge in [-0.25, -0.2) is 13.2 Å². The highest BCUT2D eigenvalue weighted by atomic mass is 35.5. The molecule has 0 radical (unpaired) electrons. The first-order chi connectivity index (χ1) is 10.2. The van der Waals surface area contributed by atoms with Gasteiger partial charge in [0, 0.05) is 17.8 Å². The van der Waals surface area contributed by atoms with Gasteiger partial charge in [0.2, 0.25) is 0 Å². The Kier molecular flexibility index (Phi) is 5.85. The minimum Gasteiger partial charge on any atom is -0.365 e. The molecule has 1 aromatic heterocycles. The fourth-order valence-corrected chi connectivity index (χ4v) is 2.30. The van der Waals surface area contributed by atoms with Gasteiger partial charge in [0.1, 0.15) is 11.3 Å². The van der Waals surface area contributed by atoms with Gasteiger partial charge in [-0.2, -0.15) is 0 Å². The fourth-order valence-electron chi connectivity index (χ4n) is 2.08. The lowest BCUT2D eigenvalue weighted by Gasteiger charge is -2.19. The van der Waals surface area contributed by atoms with Gasteiger partial charge in [0.05, 0.1) is 16.6 Å². The smallest absolute Gasteiger partial charge is 0.252 e. The molecule has 9 heteroatoms. The van der Waals surface area contributed by atoms with Crippen molar-refractivity contribution in [1.29, 1.82) is 5.41 Å². The van der Waals surface area contributed by atoms with Crippen molar-refractivity contribution in [3.8, 4) is 0 Å². The van der Waals surface area contributed by atoms with Crippen LogP contribution in [0.25, 0.3) is 0 Å². The zero-order chi connectivity index (χ0) is 16.6. The third-order valence-electron chi connectivity index (χ3n) is 3.23. The molecular formula is C14H12Cl2F3N3O. The number of hydrogen-bond acceptors (Lipinski definition) is 2. The number of primary amides is 1. The molecule has 0 fully saturated rings. The van der Waals surface area contributed by atoms with Gasteiger partial charge in [-0.05, 0) is 19.1 Å². The van der Waals surface area contributed by atoms with Crippen molar-refractivity contribution in [3.05, 3.63) is 63.5 Å². The van der Waals surface area contributed by atoms with Gasteiger partial charge in [-0.1, -0.05) is 11.6 Å². The van der Waals surface area contributed by atoms with E-state index in [0.717, 1.165) is 4.57 Å². The minimum atomic E-state index is -1.31. The topological polar surface area (TPSA) is 71.9 Å². The van der Waals surface area contributed by atoms with Crippen LogP contribution < -0.4 is 11.2 Å². The van der Waals surface area contributed by atoms with E-state index in [4.69, 9.17) is 22.7 Å². The number of nitrogens with one attached hydrogen (secondary N) is 1. The normalized spacial score (nSPS) is 11.7. The molecule has 1 atom stereocenters. The third kappa shape index (κ3) is 3.68. The molecule has 0 spiro atoms. The lowest BCUT2D eigenvalue weighted by Crippen LogP contribution is -2.31. The first-order valence-electron chi connectivity index (χ1n) is 6.13. The van der Waals surface area contributed by atoms with Crippen molar-refractivity contribution >= 4 is 29.9 Å². The summed E-state index contributed by atoms with van der Waals surface area (Å²) in [4.78, 5) is 11.3. The maximum Gasteiger partial charge on any atom is 0.252 e. The zero-order valence-corrected chi connectivity index (χ0v) is 13.3. The molecule has 2 aromatic rings. The van der Waals surface area contributed by atoms with E-state index in [9.17, 15) is 18.0 Å². The maximum atomic E-state index is 13.9. The van der Waals surface area contributed by atoms with E-state index in [-0.39, 0.29) is 34.0 Å². The zero-order valence-electron chi connectivity index (χ0n) is 11.7. The van der Waals surface area contributed by atoms with Crippen LogP contribution in [-0.2, 0) is 0 Å². The predicted octanol–water partition coefficient (Wildman–Crippen LogP) is 3.17. The molecule has 23 heavy (non-hydrogen) atoms. The van der Waals surface area contributed by atoms with Crippen molar-refractivity contribution < 1.29 is 18.0 Å². The second-order valence-electron chi connectivity index (χ2n) is 4.66. The standard InChI is InChI=1S/C14H11ClF3N3O.ClH/c1-6(8-3-11(17)12(18)4-10(8)16)21-5-7(15)2-9(13(21)19)14(20)22;/h2-6,19H,1H3,(H2,20,22);1H. The van der Waals surface area contributed by atoms with E-state index in [0.29, 0.717) is 12.1 Å². The van der Waals surface area contributed by atoms with Crippen LogP contribution in [0.2, 0.25) is 5.02 Å². The lowest BCUT2D eigenvalue weighted by atomic mass is 10.1. The Balaban J connectivity index is 0.00000264. The van der Waals surface area contributed by atoms with E-state index in [1.165, 1.54) is 19.2 Å². The molecule has 1 unspecified atom stereocenters. The van der Waals surface area contributed by atoms with E-state index in [1.54, 1.807) is 0 Å². The molecule has 3 N–H and O–H groups in total. The molecule has 0 aliphatic heterocycles. The average Bonchev–Trinajstić information content (AvgIpc) is 2.44. The first kappa shape index (κ1) is 19.1. The number of rotatable bonds is 3. The van der Waals surface area contributed by atoms with E-state index >= 15 is 0 Å². The Morgan fingerprint density at radius 1 is 1.22 bits per heavy atom. The van der Waals surface area contributed by atoms with Crippen LogP contribution in [0.3, 0.4) is 0 Å². The largest absolute Gasteiger partial charge is 0.365 e. The van der Waals surface area contributed by atoms with Gasteiger partial charge in [0.25, 0.3) is 5.91 Å². The number of nitrogens with two attached hydrogens (primary N) is 1. The van der Waals surface area contributed by atoms with Gasteiger partial charge >= 0.3 is 0 Å². The second-order valence-corrected chi connectivity index (χ2v) is 5.09. The number of pyridine rings is 1. The van der Waals surface area contributed by atoms with Crippen molar-refractivity contribution in [3.63, 3.8) is 0 Å². The van der Waals surface area contributed by atoms with Crippen LogP contribution in [0, 0.1) is 22.9 Å². The number of nitrogens with zero attached hydrogens (tertiary/aromatic N) is 1. The van der Waals surface area contributed by atoms with Crippen LogP contribution in [0.5, 0.6) is 0 Å². The third-order valence-corrected chi connectivity index (χ3v) is 3.44. The summed E-state index contributed by atoms with van der Waals surface area (Å²) in [6.45, 7) is 1.45. The molecule has 0 saturated carbocycles. The molecule has 0 aliphatic rings. The number of benzene rings is 1. The highest BCUT2D eigenvalue weighted by molar-refractivity contribution is 6.30. The fraction of sp³-hybridized carbons (Fsp3) is 0.143. The van der Waals surface area contributed by atoms with Crippen molar-refractivity contribution in [2.45, 2.75) is 13.0 Å². The van der Waals surface area contributed by atoms with E-state index < -0.39 is 29.4 Å². The summed E-state index contributed by atoms with van der Waals surface area (Å²) >= 11 is 5.85. The van der Waals surface area contributed by atoms with Crippen LogP contribution in [-0.4, -0.2) is 10.5 Å². The predicted molar refractivity (Wildman–Crippen MR) is 81.2 cm³/mol. The highest BCUT2D eigenvalue weighted by Gasteiger charge is 2.19. The summed E-state index contributed by atoms with van der Waals surface area (Å²) < 4.78 is 41.3. The summed E-state index contributed by atoms with van der Waals surface area (Å²) in [7, 11) is 0. The minimum absolute atomic E-state index is 0. The molecule has 0 aliphatic carbocycles. The number of hydrogen-bond donors (Lipinski definition) is 2. The van der Waals surface area contributed by atoms with Crippen molar-refractivity contribution in [2.24, 2.45) is 5.73 Å². The summed E-state index contributed by atoms with van der Waals surface area (Å²) in [5.74, 6) is -4.38. The molecular weight excluding hydrogens is 354 g/mol. The SMILES string of the molecule is CC(c1cc(F)c(F)cc1F)n1cc(Cl)cc(C(N)=O)c1=N.Cl. The van der Waals surface area contributed by atoms with Crippen LogP contribution in [0.1, 0.15) is 28.9 Å². The van der Waals surface area contributed by atoms with Crippen LogP contribution >= 0.6 is 24.0 Å². The lowest BCUT2D eigenvalue weighted by molar-refractivity contribution is 0.0997. The Morgan fingerprint density at radius 2 is 1.78 bits per heavy atom. The maximum absolute atomic E-state index is 13.9. The molecule has 1 aromatic carbocycles.